The second kappa shape index (κ2) is 4.92. The topological polar surface area (TPSA) is 86.6 Å². The predicted molar refractivity (Wildman–Crippen MR) is 52.4 cm³/mol. The van der Waals surface area contributed by atoms with E-state index in [9.17, 15) is 9.59 Å². The van der Waals surface area contributed by atoms with E-state index in [2.05, 4.69) is 0 Å². The summed E-state index contributed by atoms with van der Waals surface area (Å²) in [6.07, 6.45) is 2.50. The third-order valence-electron chi connectivity index (χ3n) is 1.67. The molecule has 5 nitrogen and oxygen atoms in total. The standard InChI is InChI=1S/C10H9NO4/c12-9(11-15)5-4-7-2-1-3-8(6-7)10(13)14/h1-6,15H,(H,11,12)(H,13,14). The minimum Gasteiger partial charge on any atom is -0.478 e. The average Bonchev–Trinajstić information content (AvgIpc) is 2.26. The molecule has 0 spiro atoms. The number of carbonyl (C=O) groups excluding carboxylic acids is 1. The van der Waals surface area contributed by atoms with Crippen molar-refractivity contribution in [2.75, 3.05) is 0 Å². The Kier molecular flexibility index (Phi) is 3.59. The Hall–Kier alpha value is -2.14. The van der Waals surface area contributed by atoms with Gasteiger partial charge in [-0.3, -0.25) is 10.0 Å². The lowest BCUT2D eigenvalue weighted by atomic mass is 10.1. The van der Waals surface area contributed by atoms with Crippen molar-refractivity contribution in [2.24, 2.45) is 0 Å². The molecule has 5 heteroatoms. The normalized spacial score (nSPS) is 10.2. The SMILES string of the molecule is O=C(C=Cc1cccc(C(=O)O)c1)NO. The van der Waals surface area contributed by atoms with Crippen molar-refractivity contribution >= 4 is 18.0 Å². The highest BCUT2D eigenvalue weighted by molar-refractivity contribution is 5.92. The monoisotopic (exact) mass is 207 g/mol. The second-order valence-corrected chi connectivity index (χ2v) is 2.74. The highest BCUT2D eigenvalue weighted by Crippen LogP contribution is 2.06. The molecule has 0 aromatic heterocycles. The van der Waals surface area contributed by atoms with Crippen molar-refractivity contribution in [3.63, 3.8) is 0 Å². The van der Waals surface area contributed by atoms with Crippen LogP contribution in [0.15, 0.2) is 30.3 Å². The summed E-state index contributed by atoms with van der Waals surface area (Å²) in [7, 11) is 0. The number of hydroxylamine groups is 1. The number of nitrogens with one attached hydrogen (secondary N) is 1. The molecule has 1 amide bonds. The Labute approximate surface area is 85.6 Å². The molecule has 0 unspecified atom stereocenters. The van der Waals surface area contributed by atoms with Gasteiger partial charge in [0, 0.05) is 6.08 Å². The molecule has 0 aliphatic carbocycles. The fourth-order valence-electron chi connectivity index (χ4n) is 0.985. The third kappa shape index (κ3) is 3.24. The van der Waals surface area contributed by atoms with Gasteiger partial charge in [-0.2, -0.15) is 0 Å². The molecule has 0 fully saturated rings. The van der Waals surface area contributed by atoms with Gasteiger partial charge in [-0.15, -0.1) is 0 Å². The minimum absolute atomic E-state index is 0.140. The first kappa shape index (κ1) is 10.9. The first-order valence-electron chi connectivity index (χ1n) is 4.09. The number of aromatic carboxylic acids is 1. The largest absolute Gasteiger partial charge is 0.478 e. The summed E-state index contributed by atoms with van der Waals surface area (Å²) in [6, 6.07) is 6.09. The van der Waals surface area contributed by atoms with Gasteiger partial charge in [0.25, 0.3) is 5.91 Å². The van der Waals surface area contributed by atoms with Crippen molar-refractivity contribution in [3.8, 4) is 0 Å². The van der Waals surface area contributed by atoms with Gasteiger partial charge >= 0.3 is 5.97 Å². The Morgan fingerprint density at radius 2 is 2.07 bits per heavy atom. The van der Waals surface area contributed by atoms with Gasteiger partial charge in [-0.25, -0.2) is 10.3 Å². The molecule has 0 radical (unpaired) electrons. The van der Waals surface area contributed by atoms with Crippen molar-refractivity contribution < 1.29 is 19.9 Å². The van der Waals surface area contributed by atoms with Crippen LogP contribution < -0.4 is 5.48 Å². The number of carbonyl (C=O) groups is 2. The maximum Gasteiger partial charge on any atom is 0.335 e. The summed E-state index contributed by atoms with van der Waals surface area (Å²) < 4.78 is 0. The van der Waals surface area contributed by atoms with Crippen LogP contribution >= 0.6 is 0 Å². The summed E-state index contributed by atoms with van der Waals surface area (Å²) in [5, 5.41) is 16.9. The number of rotatable bonds is 3. The number of benzene rings is 1. The lowest BCUT2D eigenvalue weighted by Gasteiger charge is -1.96. The van der Waals surface area contributed by atoms with Gasteiger partial charge in [0.2, 0.25) is 0 Å². The molecule has 0 aliphatic heterocycles. The van der Waals surface area contributed by atoms with E-state index in [1.165, 1.54) is 23.7 Å². The molecular formula is C10H9NO4. The molecule has 0 heterocycles. The Balaban J connectivity index is 2.87. The van der Waals surface area contributed by atoms with E-state index in [0.717, 1.165) is 6.08 Å². The van der Waals surface area contributed by atoms with Crippen molar-refractivity contribution in [1.82, 2.24) is 5.48 Å². The van der Waals surface area contributed by atoms with Gasteiger partial charge in [-0.1, -0.05) is 12.1 Å². The van der Waals surface area contributed by atoms with Crippen LogP contribution in [0, 0.1) is 0 Å². The number of carboxylic acids is 1. The highest BCUT2D eigenvalue weighted by Gasteiger charge is 2.01. The number of hydrogen-bond acceptors (Lipinski definition) is 3. The molecule has 0 aliphatic rings. The molecule has 15 heavy (non-hydrogen) atoms. The zero-order chi connectivity index (χ0) is 11.3. The molecule has 0 atom stereocenters. The number of amides is 1. The maximum absolute atomic E-state index is 10.6. The zero-order valence-electron chi connectivity index (χ0n) is 7.68. The second-order valence-electron chi connectivity index (χ2n) is 2.74. The Bertz CT molecular complexity index is 412. The molecule has 78 valence electrons. The van der Waals surface area contributed by atoms with Crippen LogP contribution in [0.25, 0.3) is 6.08 Å². The molecule has 1 aromatic carbocycles. The Morgan fingerprint density at radius 3 is 2.67 bits per heavy atom. The van der Waals surface area contributed by atoms with Crippen LogP contribution in [0.2, 0.25) is 0 Å². The lowest BCUT2D eigenvalue weighted by molar-refractivity contribution is -0.124. The molecule has 1 aromatic rings. The lowest BCUT2D eigenvalue weighted by Crippen LogP contribution is -2.14. The van der Waals surface area contributed by atoms with Crippen LogP contribution in [-0.4, -0.2) is 22.2 Å². The first-order chi connectivity index (χ1) is 7.13. The summed E-state index contributed by atoms with van der Waals surface area (Å²) in [4.78, 5) is 21.2. The van der Waals surface area contributed by atoms with Crippen LogP contribution in [0.3, 0.4) is 0 Å². The number of hydrogen-bond donors (Lipinski definition) is 3. The molecule has 0 saturated carbocycles. The van der Waals surface area contributed by atoms with E-state index in [0.29, 0.717) is 5.56 Å². The quantitative estimate of drug-likeness (QED) is 0.390. The summed E-state index contributed by atoms with van der Waals surface area (Å²) in [5.41, 5.74) is 2.14. The van der Waals surface area contributed by atoms with E-state index < -0.39 is 11.9 Å². The third-order valence-corrected chi connectivity index (χ3v) is 1.67. The fraction of sp³-hybridized carbons (Fsp3) is 0. The number of carboxylic acid groups (broad SMARTS) is 1. The van der Waals surface area contributed by atoms with Crippen LogP contribution in [-0.2, 0) is 4.79 Å². The van der Waals surface area contributed by atoms with Crippen LogP contribution in [0.4, 0.5) is 0 Å². The predicted octanol–water partition coefficient (Wildman–Crippen LogP) is 0.903. The molecule has 3 N–H and O–H groups in total. The van der Waals surface area contributed by atoms with Crippen molar-refractivity contribution in [1.29, 1.82) is 0 Å². The van der Waals surface area contributed by atoms with Gasteiger partial charge < -0.3 is 5.11 Å². The van der Waals surface area contributed by atoms with E-state index in [-0.39, 0.29) is 5.56 Å². The van der Waals surface area contributed by atoms with E-state index >= 15 is 0 Å². The molecule has 1 rings (SSSR count). The molecule has 0 saturated heterocycles. The maximum atomic E-state index is 10.6. The van der Waals surface area contributed by atoms with E-state index in [4.69, 9.17) is 10.3 Å². The summed E-state index contributed by atoms with van der Waals surface area (Å²) in [5.74, 6) is -1.70. The fourth-order valence-corrected chi connectivity index (χ4v) is 0.985. The average molecular weight is 207 g/mol. The van der Waals surface area contributed by atoms with E-state index in [1.54, 1.807) is 12.1 Å². The summed E-state index contributed by atoms with van der Waals surface area (Å²) >= 11 is 0. The van der Waals surface area contributed by atoms with Crippen molar-refractivity contribution in [2.45, 2.75) is 0 Å². The summed E-state index contributed by atoms with van der Waals surface area (Å²) in [6.45, 7) is 0. The van der Waals surface area contributed by atoms with Crippen LogP contribution in [0.1, 0.15) is 15.9 Å². The van der Waals surface area contributed by atoms with Crippen LogP contribution in [0.5, 0.6) is 0 Å². The van der Waals surface area contributed by atoms with Gasteiger partial charge in [0.05, 0.1) is 5.56 Å². The minimum atomic E-state index is -1.03. The zero-order valence-corrected chi connectivity index (χ0v) is 7.68. The Morgan fingerprint density at radius 1 is 1.33 bits per heavy atom. The smallest absolute Gasteiger partial charge is 0.335 e. The van der Waals surface area contributed by atoms with E-state index in [1.807, 2.05) is 0 Å². The molecular weight excluding hydrogens is 198 g/mol. The highest BCUT2D eigenvalue weighted by atomic mass is 16.5. The van der Waals surface area contributed by atoms with Gasteiger partial charge in [-0.05, 0) is 23.8 Å². The van der Waals surface area contributed by atoms with Crippen molar-refractivity contribution in [3.05, 3.63) is 41.5 Å². The van der Waals surface area contributed by atoms with Gasteiger partial charge in [0.1, 0.15) is 0 Å². The van der Waals surface area contributed by atoms with Gasteiger partial charge in [0.15, 0.2) is 0 Å². The molecule has 0 bridgehead atoms. The first-order valence-corrected chi connectivity index (χ1v) is 4.09.